The molecule has 0 saturated heterocycles. The fraction of sp³-hybridized carbons (Fsp3) is 0.150. The molecule has 0 radical (unpaired) electrons. The second kappa shape index (κ2) is 8.50. The number of hydrogen-bond acceptors (Lipinski definition) is 4. The average Bonchev–Trinajstić information content (AvgIpc) is 3.17. The van der Waals surface area contributed by atoms with E-state index in [0.29, 0.717) is 28.6 Å². The quantitative estimate of drug-likeness (QED) is 0.632. The molecule has 0 spiro atoms. The summed E-state index contributed by atoms with van der Waals surface area (Å²) in [6.07, 6.45) is 2.69. The van der Waals surface area contributed by atoms with Crippen LogP contribution in [0.2, 0.25) is 5.02 Å². The molecule has 0 aliphatic carbocycles. The van der Waals surface area contributed by atoms with E-state index in [1.54, 1.807) is 66.9 Å². The van der Waals surface area contributed by atoms with Gasteiger partial charge in [-0.05, 0) is 48.0 Å². The van der Waals surface area contributed by atoms with Gasteiger partial charge in [0, 0.05) is 10.6 Å². The molecular weight excluding hydrogens is 400 g/mol. The summed E-state index contributed by atoms with van der Waals surface area (Å²) in [4.78, 5) is 12.2. The number of halogens is 1. The minimum Gasteiger partial charge on any atom is -0.467 e. The fourth-order valence-electron chi connectivity index (χ4n) is 2.64. The summed E-state index contributed by atoms with van der Waals surface area (Å²) in [6, 6.07) is 17.0. The Labute approximate surface area is 168 Å². The van der Waals surface area contributed by atoms with Gasteiger partial charge in [0.1, 0.15) is 5.76 Å². The Morgan fingerprint density at radius 2 is 1.86 bits per heavy atom. The van der Waals surface area contributed by atoms with Crippen LogP contribution >= 0.6 is 11.6 Å². The van der Waals surface area contributed by atoms with Crippen LogP contribution in [0.25, 0.3) is 0 Å². The van der Waals surface area contributed by atoms with E-state index in [0.717, 1.165) is 11.8 Å². The van der Waals surface area contributed by atoms with Gasteiger partial charge in [0.25, 0.3) is 5.91 Å². The van der Waals surface area contributed by atoms with Crippen molar-refractivity contribution in [3.8, 4) is 0 Å². The number of rotatable bonds is 7. The Hall–Kier alpha value is -2.77. The number of carbonyl (C=O) groups excluding carboxylic acids is 1. The first kappa shape index (κ1) is 20.0. The normalized spacial score (nSPS) is 11.2. The van der Waals surface area contributed by atoms with Gasteiger partial charge in [-0.3, -0.25) is 9.10 Å². The molecule has 1 amide bonds. The monoisotopic (exact) mass is 418 g/mol. The van der Waals surface area contributed by atoms with Crippen molar-refractivity contribution in [1.82, 2.24) is 5.32 Å². The van der Waals surface area contributed by atoms with Crippen molar-refractivity contribution in [2.45, 2.75) is 13.1 Å². The molecule has 146 valence electrons. The summed E-state index contributed by atoms with van der Waals surface area (Å²) in [7, 11) is -3.51. The minimum atomic E-state index is -3.51. The molecule has 6 nitrogen and oxygen atoms in total. The third kappa shape index (κ3) is 5.15. The molecule has 0 aliphatic heterocycles. The second-order valence-corrected chi connectivity index (χ2v) is 8.55. The summed E-state index contributed by atoms with van der Waals surface area (Å²) in [5.74, 6) is 0.424. The van der Waals surface area contributed by atoms with E-state index in [4.69, 9.17) is 16.0 Å². The van der Waals surface area contributed by atoms with Crippen molar-refractivity contribution in [3.05, 3.63) is 88.8 Å². The SMILES string of the molecule is CS(=O)(=O)N(Cc1ccc(C(=O)NCc2ccco2)cc1)c1cccc(Cl)c1. The molecule has 0 aliphatic rings. The van der Waals surface area contributed by atoms with Crippen LogP contribution in [0.1, 0.15) is 21.7 Å². The highest BCUT2D eigenvalue weighted by Gasteiger charge is 2.18. The summed E-state index contributed by atoms with van der Waals surface area (Å²) in [5.41, 5.74) is 1.70. The van der Waals surface area contributed by atoms with Gasteiger partial charge in [-0.1, -0.05) is 29.8 Å². The predicted octanol–water partition coefficient (Wildman–Crippen LogP) is 3.83. The fourth-order valence-corrected chi connectivity index (χ4v) is 3.71. The lowest BCUT2D eigenvalue weighted by Crippen LogP contribution is -2.29. The lowest BCUT2D eigenvalue weighted by molar-refractivity contribution is 0.0948. The van der Waals surface area contributed by atoms with E-state index in [9.17, 15) is 13.2 Å². The zero-order valence-corrected chi connectivity index (χ0v) is 16.7. The van der Waals surface area contributed by atoms with Gasteiger partial charge in [-0.25, -0.2) is 8.42 Å². The van der Waals surface area contributed by atoms with Gasteiger partial charge < -0.3 is 9.73 Å². The van der Waals surface area contributed by atoms with Gasteiger partial charge >= 0.3 is 0 Å². The van der Waals surface area contributed by atoms with Gasteiger partial charge in [-0.2, -0.15) is 0 Å². The van der Waals surface area contributed by atoms with Crippen molar-refractivity contribution < 1.29 is 17.6 Å². The maximum atomic E-state index is 12.2. The number of carbonyl (C=O) groups is 1. The standard InChI is InChI=1S/C20H19ClN2O4S/c1-28(25,26)23(18-5-2-4-17(21)12-18)14-15-7-9-16(10-8-15)20(24)22-13-19-6-3-11-27-19/h2-12H,13-14H2,1H3,(H,22,24). The van der Waals surface area contributed by atoms with E-state index in [-0.39, 0.29) is 12.5 Å². The van der Waals surface area contributed by atoms with Crippen LogP contribution in [0.4, 0.5) is 5.69 Å². The first-order valence-corrected chi connectivity index (χ1v) is 10.7. The van der Waals surface area contributed by atoms with Crippen LogP contribution in [0, 0.1) is 0 Å². The minimum absolute atomic E-state index is 0.132. The maximum Gasteiger partial charge on any atom is 0.251 e. The maximum absolute atomic E-state index is 12.2. The van der Waals surface area contributed by atoms with Crippen molar-refractivity contribution in [2.75, 3.05) is 10.6 Å². The largest absolute Gasteiger partial charge is 0.467 e. The molecule has 1 N–H and O–H groups in total. The Morgan fingerprint density at radius 3 is 2.46 bits per heavy atom. The van der Waals surface area contributed by atoms with E-state index in [1.165, 1.54) is 4.31 Å². The molecule has 28 heavy (non-hydrogen) atoms. The third-order valence-corrected chi connectivity index (χ3v) is 5.42. The smallest absolute Gasteiger partial charge is 0.251 e. The molecule has 3 rings (SSSR count). The van der Waals surface area contributed by atoms with Gasteiger partial charge in [0.2, 0.25) is 10.0 Å². The summed E-state index contributed by atoms with van der Waals surface area (Å²) < 4.78 is 30.9. The van der Waals surface area contributed by atoms with E-state index in [2.05, 4.69) is 5.32 Å². The number of nitrogens with zero attached hydrogens (tertiary/aromatic N) is 1. The zero-order chi connectivity index (χ0) is 20.1. The van der Waals surface area contributed by atoms with Crippen LogP contribution in [-0.4, -0.2) is 20.6 Å². The molecule has 0 fully saturated rings. The van der Waals surface area contributed by atoms with E-state index < -0.39 is 10.0 Å². The Bertz CT molecular complexity index is 1050. The highest BCUT2D eigenvalue weighted by atomic mass is 35.5. The number of anilines is 1. The van der Waals surface area contributed by atoms with Crippen LogP contribution < -0.4 is 9.62 Å². The van der Waals surface area contributed by atoms with Crippen molar-refractivity contribution >= 4 is 33.2 Å². The summed E-state index contributed by atoms with van der Waals surface area (Å²) in [5, 5.41) is 3.22. The summed E-state index contributed by atoms with van der Waals surface area (Å²) >= 11 is 5.99. The molecule has 0 unspecified atom stereocenters. The first-order chi connectivity index (χ1) is 13.3. The van der Waals surface area contributed by atoms with Crippen LogP contribution in [0.3, 0.4) is 0 Å². The second-order valence-electron chi connectivity index (χ2n) is 6.21. The number of amides is 1. The van der Waals surface area contributed by atoms with Gasteiger partial charge in [-0.15, -0.1) is 0 Å². The number of benzene rings is 2. The molecule has 3 aromatic rings. The number of furan rings is 1. The van der Waals surface area contributed by atoms with Gasteiger partial charge in [0.05, 0.1) is 31.3 Å². The Balaban J connectivity index is 1.71. The zero-order valence-electron chi connectivity index (χ0n) is 15.1. The molecule has 2 aromatic carbocycles. The Kier molecular flexibility index (Phi) is 6.06. The van der Waals surface area contributed by atoms with Gasteiger partial charge in [0.15, 0.2) is 0 Å². The van der Waals surface area contributed by atoms with Crippen LogP contribution in [-0.2, 0) is 23.1 Å². The molecule has 1 aromatic heterocycles. The summed E-state index contributed by atoms with van der Waals surface area (Å²) in [6.45, 7) is 0.428. The lowest BCUT2D eigenvalue weighted by Gasteiger charge is -2.22. The third-order valence-electron chi connectivity index (χ3n) is 4.04. The molecule has 0 saturated carbocycles. The number of nitrogens with one attached hydrogen (secondary N) is 1. The predicted molar refractivity (Wildman–Crippen MR) is 109 cm³/mol. The van der Waals surface area contributed by atoms with Crippen LogP contribution in [0.15, 0.2) is 71.3 Å². The lowest BCUT2D eigenvalue weighted by atomic mass is 10.1. The van der Waals surface area contributed by atoms with Crippen molar-refractivity contribution in [1.29, 1.82) is 0 Å². The molecule has 0 bridgehead atoms. The molecule has 1 heterocycles. The van der Waals surface area contributed by atoms with E-state index >= 15 is 0 Å². The topological polar surface area (TPSA) is 79.6 Å². The van der Waals surface area contributed by atoms with Crippen molar-refractivity contribution in [3.63, 3.8) is 0 Å². The Morgan fingerprint density at radius 1 is 1.11 bits per heavy atom. The van der Waals surface area contributed by atoms with E-state index in [1.807, 2.05) is 0 Å². The highest BCUT2D eigenvalue weighted by Crippen LogP contribution is 2.24. The molecule has 0 atom stereocenters. The number of hydrogen-bond donors (Lipinski definition) is 1. The molecule has 8 heteroatoms. The van der Waals surface area contributed by atoms with Crippen molar-refractivity contribution in [2.24, 2.45) is 0 Å². The average molecular weight is 419 g/mol. The number of sulfonamides is 1. The first-order valence-electron chi connectivity index (χ1n) is 8.46. The molecular formula is C20H19ClN2O4S. The van der Waals surface area contributed by atoms with Crippen LogP contribution in [0.5, 0.6) is 0 Å². The highest BCUT2D eigenvalue weighted by molar-refractivity contribution is 7.92.